The second-order valence-corrected chi connectivity index (χ2v) is 8.47. The van der Waals surface area contributed by atoms with Gasteiger partial charge in [0.05, 0.1) is 6.61 Å². The van der Waals surface area contributed by atoms with E-state index in [1.807, 2.05) is 12.1 Å². The first-order valence-corrected chi connectivity index (χ1v) is 10.5. The van der Waals surface area contributed by atoms with Crippen LogP contribution in [0.1, 0.15) is 24.5 Å². The standard InChI is InChI=1S/C22H26N2O6/c1-3-28-17(26)11-23-21(27)29-16-7-5-13-14-10-12-4-6-15(25)19-18(12)22(13,20(16)30-19)8-9-24(14)2/h4-7,13-14,16,20,25H,3,8-11H2,1-2H3,(H,23,27)/t13-,14+,16-,20-,22-/m0/s1. The Balaban J connectivity index is 1.45. The minimum Gasteiger partial charge on any atom is -0.504 e. The quantitative estimate of drug-likeness (QED) is 0.569. The van der Waals surface area contributed by atoms with Crippen LogP contribution in [0.5, 0.6) is 11.5 Å². The lowest BCUT2D eigenvalue weighted by molar-refractivity contribution is -0.142. The van der Waals surface area contributed by atoms with Crippen molar-refractivity contribution in [2.45, 2.75) is 43.4 Å². The van der Waals surface area contributed by atoms with E-state index in [0.717, 1.165) is 24.9 Å². The highest BCUT2D eigenvalue weighted by atomic mass is 16.6. The van der Waals surface area contributed by atoms with Crippen molar-refractivity contribution in [3.63, 3.8) is 0 Å². The first kappa shape index (κ1) is 19.2. The van der Waals surface area contributed by atoms with Gasteiger partial charge in [-0.2, -0.15) is 0 Å². The number of rotatable bonds is 4. The van der Waals surface area contributed by atoms with Gasteiger partial charge in [-0.25, -0.2) is 4.79 Å². The van der Waals surface area contributed by atoms with E-state index in [1.165, 1.54) is 5.56 Å². The van der Waals surface area contributed by atoms with Crippen LogP contribution in [0.15, 0.2) is 24.3 Å². The Kier molecular flexibility index (Phi) is 4.43. The number of carbonyl (C=O) groups excluding carboxylic acids is 2. The number of ether oxygens (including phenoxy) is 3. The minimum absolute atomic E-state index is 0.124. The maximum Gasteiger partial charge on any atom is 0.408 e. The number of nitrogens with one attached hydrogen (secondary N) is 1. The van der Waals surface area contributed by atoms with Gasteiger partial charge in [-0.05, 0) is 51.1 Å². The first-order chi connectivity index (χ1) is 14.5. The molecular weight excluding hydrogens is 388 g/mol. The Labute approximate surface area is 174 Å². The normalized spacial score (nSPS) is 32.7. The number of nitrogens with zero attached hydrogens (tertiary/aromatic N) is 1. The summed E-state index contributed by atoms with van der Waals surface area (Å²) in [5.41, 5.74) is 1.94. The third-order valence-electron chi connectivity index (χ3n) is 7.06. The molecule has 1 fully saturated rings. The summed E-state index contributed by atoms with van der Waals surface area (Å²) in [6.45, 7) is 2.61. The zero-order valence-electron chi connectivity index (χ0n) is 17.1. The molecule has 5 atom stereocenters. The van der Waals surface area contributed by atoms with Crippen LogP contribution < -0.4 is 10.1 Å². The average molecular weight is 414 g/mol. The van der Waals surface area contributed by atoms with Crippen molar-refractivity contribution < 1.29 is 28.9 Å². The van der Waals surface area contributed by atoms with E-state index < -0.39 is 24.3 Å². The molecule has 0 aromatic heterocycles. The summed E-state index contributed by atoms with van der Waals surface area (Å²) in [5.74, 6) is 0.352. The largest absolute Gasteiger partial charge is 0.504 e. The highest BCUT2D eigenvalue weighted by Crippen LogP contribution is 2.62. The topological polar surface area (TPSA) is 97.3 Å². The zero-order valence-corrected chi connectivity index (χ0v) is 17.1. The Bertz CT molecular complexity index is 930. The monoisotopic (exact) mass is 414 g/mol. The molecule has 1 spiro atoms. The molecule has 1 saturated heterocycles. The van der Waals surface area contributed by atoms with Crippen LogP contribution in [-0.2, 0) is 26.1 Å². The first-order valence-electron chi connectivity index (χ1n) is 10.5. The van der Waals surface area contributed by atoms with Gasteiger partial charge in [-0.15, -0.1) is 0 Å². The lowest BCUT2D eigenvalue weighted by atomic mass is 9.53. The number of hydrogen-bond acceptors (Lipinski definition) is 7. The molecule has 0 unspecified atom stereocenters. The van der Waals surface area contributed by atoms with Crippen molar-refractivity contribution in [3.05, 3.63) is 35.4 Å². The molecule has 5 rings (SSSR count). The highest BCUT2D eigenvalue weighted by Gasteiger charge is 2.65. The molecule has 0 radical (unpaired) electrons. The molecule has 4 aliphatic rings. The minimum atomic E-state index is -0.697. The number of hydrogen-bond donors (Lipinski definition) is 2. The Morgan fingerprint density at radius 1 is 1.37 bits per heavy atom. The van der Waals surface area contributed by atoms with Crippen molar-refractivity contribution in [2.75, 3.05) is 26.7 Å². The molecule has 2 heterocycles. The van der Waals surface area contributed by atoms with E-state index in [-0.39, 0.29) is 30.2 Å². The Morgan fingerprint density at radius 2 is 2.20 bits per heavy atom. The van der Waals surface area contributed by atoms with Crippen LogP contribution in [-0.4, -0.2) is 67.1 Å². The van der Waals surface area contributed by atoms with Gasteiger partial charge in [0.25, 0.3) is 0 Å². The number of alkyl carbamates (subject to hydrolysis) is 1. The highest BCUT2D eigenvalue weighted by molar-refractivity contribution is 5.78. The van der Waals surface area contributed by atoms with Gasteiger partial charge in [0.1, 0.15) is 12.6 Å². The van der Waals surface area contributed by atoms with E-state index in [0.29, 0.717) is 11.8 Å². The predicted molar refractivity (Wildman–Crippen MR) is 106 cm³/mol. The van der Waals surface area contributed by atoms with Gasteiger partial charge in [0, 0.05) is 22.9 Å². The fraction of sp³-hybridized carbons (Fsp3) is 0.545. The second kappa shape index (κ2) is 6.91. The number of likely N-dealkylation sites (tertiary alicyclic amines) is 1. The van der Waals surface area contributed by atoms with E-state index in [4.69, 9.17) is 14.2 Å². The number of amides is 1. The summed E-state index contributed by atoms with van der Waals surface area (Å²) >= 11 is 0. The number of piperidine rings is 1. The number of likely N-dealkylation sites (N-methyl/N-ethyl adjacent to an activating group) is 1. The molecule has 8 nitrogen and oxygen atoms in total. The lowest BCUT2D eigenvalue weighted by Gasteiger charge is -2.56. The summed E-state index contributed by atoms with van der Waals surface area (Å²) in [6, 6.07) is 4.01. The van der Waals surface area contributed by atoms with Crippen molar-refractivity contribution >= 4 is 12.1 Å². The molecular formula is C22H26N2O6. The molecule has 2 aliphatic heterocycles. The van der Waals surface area contributed by atoms with Gasteiger partial charge in [-0.3, -0.25) is 4.79 Å². The summed E-state index contributed by atoms with van der Waals surface area (Å²) in [6.07, 6.45) is 4.05. The second-order valence-electron chi connectivity index (χ2n) is 8.47. The molecule has 2 N–H and O–H groups in total. The van der Waals surface area contributed by atoms with E-state index in [1.54, 1.807) is 13.0 Å². The maximum absolute atomic E-state index is 12.3. The lowest BCUT2D eigenvalue weighted by Crippen LogP contribution is -2.65. The SMILES string of the molecule is CCOC(=O)CNC(=O)O[C@H]1C=C[C@H]2[C@H]3Cc4ccc(O)c5c4[C@@]2(CCN3C)[C@H]1O5. The van der Waals surface area contributed by atoms with Crippen LogP contribution in [0.4, 0.5) is 4.79 Å². The number of esters is 1. The van der Waals surface area contributed by atoms with Crippen molar-refractivity contribution in [1.82, 2.24) is 10.2 Å². The Hall–Kier alpha value is -2.74. The fourth-order valence-corrected chi connectivity index (χ4v) is 5.84. The number of benzene rings is 1. The smallest absolute Gasteiger partial charge is 0.408 e. The van der Waals surface area contributed by atoms with Crippen LogP contribution in [0.3, 0.4) is 0 Å². The molecule has 0 saturated carbocycles. The van der Waals surface area contributed by atoms with E-state index >= 15 is 0 Å². The summed E-state index contributed by atoms with van der Waals surface area (Å²) in [4.78, 5) is 26.2. The molecule has 1 aromatic carbocycles. The molecule has 8 heteroatoms. The van der Waals surface area contributed by atoms with Gasteiger partial charge < -0.3 is 29.5 Å². The van der Waals surface area contributed by atoms with Gasteiger partial charge in [-0.1, -0.05) is 12.1 Å². The zero-order chi connectivity index (χ0) is 21.0. The number of phenolic OH excluding ortho intramolecular Hbond substituents is 1. The third-order valence-corrected chi connectivity index (χ3v) is 7.06. The fourth-order valence-electron chi connectivity index (χ4n) is 5.84. The molecule has 2 aliphatic carbocycles. The van der Waals surface area contributed by atoms with Crippen molar-refractivity contribution in [2.24, 2.45) is 5.92 Å². The number of aromatic hydroxyl groups is 1. The average Bonchev–Trinajstić information content (AvgIpc) is 3.08. The van der Waals surface area contributed by atoms with Gasteiger partial charge in [0.2, 0.25) is 0 Å². The van der Waals surface area contributed by atoms with Crippen LogP contribution in [0.2, 0.25) is 0 Å². The summed E-state index contributed by atoms with van der Waals surface area (Å²) in [7, 11) is 2.15. The molecule has 1 amide bonds. The van der Waals surface area contributed by atoms with Crippen LogP contribution >= 0.6 is 0 Å². The van der Waals surface area contributed by atoms with Gasteiger partial charge >= 0.3 is 12.1 Å². The molecule has 160 valence electrons. The van der Waals surface area contributed by atoms with E-state index in [2.05, 4.69) is 23.3 Å². The third kappa shape index (κ3) is 2.62. The molecule has 1 aromatic rings. The van der Waals surface area contributed by atoms with Crippen LogP contribution in [0.25, 0.3) is 0 Å². The van der Waals surface area contributed by atoms with Gasteiger partial charge in [0.15, 0.2) is 17.6 Å². The summed E-state index contributed by atoms with van der Waals surface area (Å²) in [5, 5.41) is 12.9. The van der Waals surface area contributed by atoms with Crippen molar-refractivity contribution in [3.8, 4) is 11.5 Å². The van der Waals surface area contributed by atoms with E-state index in [9.17, 15) is 14.7 Å². The summed E-state index contributed by atoms with van der Waals surface area (Å²) < 4.78 is 16.8. The number of carbonyl (C=O) groups is 2. The maximum atomic E-state index is 12.3. The predicted octanol–water partition coefficient (Wildman–Crippen LogP) is 1.50. The Morgan fingerprint density at radius 3 is 3.00 bits per heavy atom. The van der Waals surface area contributed by atoms with Crippen molar-refractivity contribution in [1.29, 1.82) is 0 Å². The number of phenols is 1. The molecule has 2 bridgehead atoms. The van der Waals surface area contributed by atoms with Crippen LogP contribution in [0, 0.1) is 5.92 Å². The molecule has 30 heavy (non-hydrogen) atoms.